The Morgan fingerprint density at radius 3 is 2.30 bits per heavy atom. The van der Waals surface area contributed by atoms with E-state index in [-0.39, 0.29) is 12.1 Å². The van der Waals surface area contributed by atoms with Gasteiger partial charge in [-0.15, -0.1) is 0 Å². The normalized spacial score (nSPS) is 16.8. The van der Waals surface area contributed by atoms with Gasteiger partial charge in [-0.1, -0.05) is 78.3 Å². The van der Waals surface area contributed by atoms with E-state index in [1.54, 1.807) is 0 Å². The molecule has 4 heteroatoms. The molecule has 30 heavy (non-hydrogen) atoms. The molecule has 0 amide bonds. The molecule has 0 heterocycles. The number of nitrogens with one attached hydrogen (secondary N) is 1. The van der Waals surface area contributed by atoms with Crippen molar-refractivity contribution in [3.05, 3.63) is 106 Å². The van der Waals surface area contributed by atoms with E-state index in [0.29, 0.717) is 18.9 Å². The van der Waals surface area contributed by atoms with Crippen LogP contribution in [0.15, 0.2) is 78.9 Å². The van der Waals surface area contributed by atoms with E-state index in [0.717, 1.165) is 16.1 Å². The summed E-state index contributed by atoms with van der Waals surface area (Å²) in [5, 5.41) is 15.1. The lowest BCUT2D eigenvalue weighted by atomic mass is 9.92. The molecule has 1 saturated carbocycles. The van der Waals surface area contributed by atoms with Crippen molar-refractivity contribution in [3.8, 4) is 0 Å². The van der Waals surface area contributed by atoms with Crippen LogP contribution >= 0.6 is 11.6 Å². The second kappa shape index (κ2) is 9.76. The summed E-state index contributed by atoms with van der Waals surface area (Å²) in [6.45, 7) is 0.417. The van der Waals surface area contributed by atoms with Gasteiger partial charge in [0.15, 0.2) is 0 Å². The number of rotatable bonds is 9. The highest BCUT2D eigenvalue weighted by molar-refractivity contribution is 6.30. The Balaban J connectivity index is 1.51. The lowest BCUT2D eigenvalue weighted by molar-refractivity contribution is 0.139. The monoisotopic (exact) mass is 420 g/mol. The molecule has 1 aliphatic rings. The van der Waals surface area contributed by atoms with Crippen LogP contribution in [0, 0.1) is 0 Å². The molecule has 3 nitrogen and oxygen atoms in total. The van der Waals surface area contributed by atoms with E-state index in [9.17, 15) is 5.11 Å². The van der Waals surface area contributed by atoms with Crippen LogP contribution in [0.5, 0.6) is 0 Å². The SMILES string of the molecule is N[C@@H](Cc1ccccc1)[C@@H](O)CNC(c1ccc(Cl)cc1)c1ccccc1C1CC1. The van der Waals surface area contributed by atoms with Gasteiger partial charge in [-0.3, -0.25) is 0 Å². The highest BCUT2D eigenvalue weighted by Crippen LogP contribution is 2.43. The van der Waals surface area contributed by atoms with E-state index in [1.807, 2.05) is 42.5 Å². The third-order valence-corrected chi connectivity index (χ3v) is 6.12. The molecule has 3 atom stereocenters. The first-order valence-electron chi connectivity index (χ1n) is 10.7. The number of benzene rings is 3. The second-order valence-corrected chi connectivity index (χ2v) is 8.65. The fourth-order valence-corrected chi connectivity index (χ4v) is 4.14. The molecule has 156 valence electrons. The second-order valence-electron chi connectivity index (χ2n) is 8.22. The van der Waals surface area contributed by atoms with Gasteiger partial charge in [0.25, 0.3) is 0 Å². The fraction of sp³-hybridized carbons (Fsp3) is 0.308. The Morgan fingerprint density at radius 2 is 1.60 bits per heavy atom. The van der Waals surface area contributed by atoms with Gasteiger partial charge in [0.05, 0.1) is 12.1 Å². The number of hydrogen-bond acceptors (Lipinski definition) is 3. The molecular formula is C26H29ClN2O. The molecule has 0 bridgehead atoms. The van der Waals surface area contributed by atoms with Crippen LogP contribution in [0.4, 0.5) is 0 Å². The summed E-state index contributed by atoms with van der Waals surface area (Å²) in [4.78, 5) is 0. The van der Waals surface area contributed by atoms with Gasteiger partial charge < -0.3 is 16.2 Å². The lowest BCUT2D eigenvalue weighted by Gasteiger charge is -2.26. The summed E-state index contributed by atoms with van der Waals surface area (Å²) < 4.78 is 0. The molecule has 3 aromatic rings. The fourth-order valence-electron chi connectivity index (χ4n) is 4.01. The quantitative estimate of drug-likeness (QED) is 0.464. The molecule has 0 spiro atoms. The summed E-state index contributed by atoms with van der Waals surface area (Å²) >= 11 is 6.12. The van der Waals surface area contributed by atoms with Crippen molar-refractivity contribution >= 4 is 11.6 Å². The van der Waals surface area contributed by atoms with Gasteiger partial charge in [-0.05, 0) is 59.6 Å². The van der Waals surface area contributed by atoms with Crippen LogP contribution in [-0.2, 0) is 6.42 Å². The third-order valence-electron chi connectivity index (χ3n) is 5.87. The van der Waals surface area contributed by atoms with Crippen molar-refractivity contribution in [2.45, 2.75) is 43.4 Å². The van der Waals surface area contributed by atoms with Crippen molar-refractivity contribution in [3.63, 3.8) is 0 Å². The summed E-state index contributed by atoms with van der Waals surface area (Å²) in [5.74, 6) is 0.642. The molecule has 0 radical (unpaired) electrons. The summed E-state index contributed by atoms with van der Waals surface area (Å²) in [6.07, 6.45) is 2.49. The topological polar surface area (TPSA) is 58.3 Å². The molecule has 1 fully saturated rings. The highest BCUT2D eigenvalue weighted by Gasteiger charge is 2.29. The van der Waals surface area contributed by atoms with E-state index in [1.165, 1.54) is 24.0 Å². The molecule has 0 aliphatic heterocycles. The minimum atomic E-state index is -0.645. The first-order chi connectivity index (χ1) is 14.6. The zero-order valence-corrected chi connectivity index (χ0v) is 17.8. The van der Waals surface area contributed by atoms with Gasteiger partial charge in [0, 0.05) is 17.6 Å². The minimum absolute atomic E-state index is 0.0161. The highest BCUT2D eigenvalue weighted by atomic mass is 35.5. The van der Waals surface area contributed by atoms with Gasteiger partial charge in [0.1, 0.15) is 0 Å². The van der Waals surface area contributed by atoms with E-state index < -0.39 is 6.10 Å². The summed E-state index contributed by atoms with van der Waals surface area (Å²) in [5.41, 5.74) is 11.3. The molecular weight excluding hydrogens is 392 g/mol. The number of nitrogens with two attached hydrogens (primary N) is 1. The summed E-state index contributed by atoms with van der Waals surface area (Å²) in [6, 6.07) is 26.3. The number of aliphatic hydroxyl groups excluding tert-OH is 1. The first kappa shape index (κ1) is 21.1. The smallest absolute Gasteiger partial charge is 0.0818 e. The third kappa shape index (κ3) is 5.30. The number of aliphatic hydroxyl groups is 1. The Hall–Kier alpha value is -2.17. The molecule has 4 N–H and O–H groups in total. The van der Waals surface area contributed by atoms with E-state index in [4.69, 9.17) is 17.3 Å². The van der Waals surface area contributed by atoms with Crippen molar-refractivity contribution in [2.75, 3.05) is 6.54 Å². The van der Waals surface area contributed by atoms with Crippen LogP contribution < -0.4 is 11.1 Å². The van der Waals surface area contributed by atoms with E-state index in [2.05, 4.69) is 41.7 Å². The molecule has 4 rings (SSSR count). The van der Waals surface area contributed by atoms with E-state index >= 15 is 0 Å². The molecule has 1 aliphatic carbocycles. The molecule has 0 aromatic heterocycles. The Morgan fingerprint density at radius 1 is 0.933 bits per heavy atom. The maximum Gasteiger partial charge on any atom is 0.0818 e. The largest absolute Gasteiger partial charge is 0.390 e. The summed E-state index contributed by atoms with van der Waals surface area (Å²) in [7, 11) is 0. The average Bonchev–Trinajstić information content (AvgIpc) is 3.61. The van der Waals surface area contributed by atoms with Gasteiger partial charge >= 0.3 is 0 Å². The lowest BCUT2D eigenvalue weighted by Crippen LogP contribution is -2.44. The number of hydrogen-bond donors (Lipinski definition) is 3. The van der Waals surface area contributed by atoms with Crippen LogP contribution in [-0.4, -0.2) is 23.8 Å². The molecule has 3 aromatic carbocycles. The Labute approximate surface area is 183 Å². The Bertz CT molecular complexity index is 941. The predicted molar refractivity (Wildman–Crippen MR) is 124 cm³/mol. The first-order valence-corrected chi connectivity index (χ1v) is 11.0. The number of halogens is 1. The zero-order chi connectivity index (χ0) is 20.9. The maximum atomic E-state index is 10.7. The van der Waals surface area contributed by atoms with Crippen LogP contribution in [0.25, 0.3) is 0 Å². The van der Waals surface area contributed by atoms with Crippen LogP contribution in [0.3, 0.4) is 0 Å². The standard InChI is InChI=1S/C26H29ClN2O/c27-21-14-12-20(13-15-21)26(23-9-5-4-8-22(23)19-10-11-19)29-17-25(30)24(28)16-18-6-2-1-3-7-18/h1-9,12-15,19,24-26,29-30H,10-11,16-17,28H2/t24-,25-,26?/m0/s1. The minimum Gasteiger partial charge on any atom is -0.390 e. The predicted octanol–water partition coefficient (Wildman–Crippen LogP) is 4.83. The Kier molecular flexibility index (Phi) is 6.86. The van der Waals surface area contributed by atoms with Crippen molar-refractivity contribution in [2.24, 2.45) is 5.73 Å². The van der Waals surface area contributed by atoms with Gasteiger partial charge in [-0.25, -0.2) is 0 Å². The van der Waals surface area contributed by atoms with Crippen LogP contribution in [0.2, 0.25) is 5.02 Å². The molecule has 0 saturated heterocycles. The van der Waals surface area contributed by atoms with Crippen LogP contribution in [0.1, 0.15) is 47.1 Å². The van der Waals surface area contributed by atoms with Crippen molar-refractivity contribution in [1.29, 1.82) is 0 Å². The average molecular weight is 421 g/mol. The maximum absolute atomic E-state index is 10.7. The zero-order valence-electron chi connectivity index (χ0n) is 17.0. The van der Waals surface area contributed by atoms with Crippen molar-refractivity contribution in [1.82, 2.24) is 5.32 Å². The molecule has 1 unspecified atom stereocenters. The van der Waals surface area contributed by atoms with Gasteiger partial charge in [-0.2, -0.15) is 0 Å². The van der Waals surface area contributed by atoms with Crippen molar-refractivity contribution < 1.29 is 5.11 Å². The van der Waals surface area contributed by atoms with Gasteiger partial charge in [0.2, 0.25) is 0 Å².